The van der Waals surface area contributed by atoms with Gasteiger partial charge in [0.15, 0.2) is 6.23 Å². The van der Waals surface area contributed by atoms with Crippen molar-refractivity contribution >= 4 is 5.91 Å². The Bertz CT molecular complexity index is 430. The smallest absolute Gasteiger partial charge is 0.267 e. The van der Waals surface area contributed by atoms with Crippen LogP contribution in [0.15, 0.2) is 24.5 Å². The molecule has 1 fully saturated rings. The van der Waals surface area contributed by atoms with Crippen LogP contribution in [0.5, 0.6) is 0 Å². The number of pyridine rings is 1. The van der Waals surface area contributed by atoms with Crippen molar-refractivity contribution in [1.82, 2.24) is 15.8 Å². The lowest BCUT2D eigenvalue weighted by Crippen LogP contribution is -2.61. The van der Waals surface area contributed by atoms with E-state index < -0.39 is 30.4 Å². The number of nitrogens with zero attached hydrogens (tertiary/aromatic N) is 1. The van der Waals surface area contributed by atoms with E-state index in [1.54, 1.807) is 12.1 Å². The molecule has 1 saturated heterocycles. The van der Waals surface area contributed by atoms with Gasteiger partial charge in [0.25, 0.3) is 5.91 Å². The quantitative estimate of drug-likeness (QED) is 0.393. The molecule has 1 aliphatic heterocycles. The van der Waals surface area contributed by atoms with Crippen LogP contribution in [0.25, 0.3) is 0 Å². The van der Waals surface area contributed by atoms with Crippen LogP contribution in [0, 0.1) is 0 Å². The molecule has 1 aliphatic rings. The SMILES string of the molecule is O=C(NN[C@@H]1OC[C@H](O)[C@H](O)[C@H]1O)c1cccnc1. The van der Waals surface area contributed by atoms with Gasteiger partial charge in [0.05, 0.1) is 12.2 Å². The Balaban J connectivity index is 1.87. The first-order chi connectivity index (χ1) is 9.09. The van der Waals surface area contributed by atoms with E-state index >= 15 is 0 Å². The zero-order valence-electron chi connectivity index (χ0n) is 9.93. The molecule has 1 amide bonds. The van der Waals surface area contributed by atoms with E-state index in [9.17, 15) is 20.1 Å². The van der Waals surface area contributed by atoms with Crippen LogP contribution in [-0.4, -0.2) is 57.4 Å². The lowest BCUT2D eigenvalue weighted by atomic mass is 10.1. The van der Waals surface area contributed by atoms with Crippen LogP contribution >= 0.6 is 0 Å². The normalized spacial score (nSPS) is 30.9. The lowest BCUT2D eigenvalue weighted by Gasteiger charge is -2.35. The molecule has 2 heterocycles. The molecule has 0 aliphatic carbocycles. The van der Waals surface area contributed by atoms with E-state index in [0.717, 1.165) is 0 Å². The van der Waals surface area contributed by atoms with Crippen molar-refractivity contribution in [3.8, 4) is 0 Å². The number of ether oxygens (including phenoxy) is 1. The highest BCUT2D eigenvalue weighted by Crippen LogP contribution is 2.13. The summed E-state index contributed by atoms with van der Waals surface area (Å²) in [4.78, 5) is 15.5. The van der Waals surface area contributed by atoms with Gasteiger partial charge in [0.2, 0.25) is 0 Å². The Kier molecular flexibility index (Phi) is 4.40. The second-order valence-electron chi connectivity index (χ2n) is 4.14. The number of rotatable bonds is 3. The fourth-order valence-corrected chi connectivity index (χ4v) is 1.64. The van der Waals surface area contributed by atoms with Crippen molar-refractivity contribution in [3.05, 3.63) is 30.1 Å². The molecule has 0 bridgehead atoms. The highest BCUT2D eigenvalue weighted by atomic mass is 16.5. The summed E-state index contributed by atoms with van der Waals surface area (Å²) in [7, 11) is 0. The van der Waals surface area contributed by atoms with Crippen LogP contribution in [0.1, 0.15) is 10.4 Å². The minimum absolute atomic E-state index is 0.140. The number of carbonyl (C=O) groups is 1. The van der Waals surface area contributed by atoms with Crippen molar-refractivity contribution in [2.45, 2.75) is 24.5 Å². The first kappa shape index (κ1) is 13.8. The van der Waals surface area contributed by atoms with Crippen molar-refractivity contribution < 1.29 is 24.9 Å². The van der Waals surface area contributed by atoms with Gasteiger partial charge in [-0.05, 0) is 12.1 Å². The van der Waals surface area contributed by atoms with Crippen LogP contribution in [0.4, 0.5) is 0 Å². The average molecular weight is 269 g/mol. The van der Waals surface area contributed by atoms with Gasteiger partial charge in [-0.3, -0.25) is 15.2 Å². The summed E-state index contributed by atoms with van der Waals surface area (Å²) in [6.07, 6.45) is -1.91. The maximum atomic E-state index is 11.7. The highest BCUT2D eigenvalue weighted by Gasteiger charge is 2.37. The maximum Gasteiger partial charge on any atom is 0.267 e. The average Bonchev–Trinajstić information content (AvgIpc) is 2.45. The van der Waals surface area contributed by atoms with Gasteiger partial charge < -0.3 is 20.1 Å². The maximum absolute atomic E-state index is 11.7. The summed E-state index contributed by atoms with van der Waals surface area (Å²) in [6.45, 7) is -0.140. The predicted molar refractivity (Wildman–Crippen MR) is 62.6 cm³/mol. The van der Waals surface area contributed by atoms with Gasteiger partial charge in [-0.2, -0.15) is 0 Å². The molecule has 0 unspecified atom stereocenters. The molecule has 0 radical (unpaired) electrons. The number of hydrogen-bond donors (Lipinski definition) is 5. The zero-order chi connectivity index (χ0) is 13.8. The largest absolute Gasteiger partial charge is 0.388 e. The molecular formula is C11H15N3O5. The van der Waals surface area contributed by atoms with E-state index in [2.05, 4.69) is 15.8 Å². The second-order valence-corrected chi connectivity index (χ2v) is 4.14. The molecule has 5 N–H and O–H groups in total. The molecule has 1 aromatic heterocycles. The molecule has 8 nitrogen and oxygen atoms in total. The number of aromatic nitrogens is 1. The Morgan fingerprint density at radius 2 is 2.16 bits per heavy atom. The Morgan fingerprint density at radius 1 is 1.37 bits per heavy atom. The standard InChI is InChI=1S/C11H15N3O5/c15-7-5-19-11(9(17)8(7)16)14-13-10(18)6-2-1-3-12-4-6/h1-4,7-9,11,14-17H,5H2,(H,13,18)/t7-,8-,9+,11+/m0/s1. The summed E-state index contributed by atoms with van der Waals surface area (Å²) in [6, 6.07) is 3.18. The van der Waals surface area contributed by atoms with Crippen molar-refractivity contribution in [3.63, 3.8) is 0 Å². The summed E-state index contributed by atoms with van der Waals surface area (Å²) in [5.74, 6) is -0.454. The predicted octanol–water partition coefficient (Wildman–Crippen LogP) is -2.24. The number of amides is 1. The number of hydrazine groups is 1. The van der Waals surface area contributed by atoms with Crippen LogP contribution in [0.2, 0.25) is 0 Å². The van der Waals surface area contributed by atoms with Crippen LogP contribution in [0.3, 0.4) is 0 Å². The van der Waals surface area contributed by atoms with Crippen LogP contribution < -0.4 is 10.9 Å². The van der Waals surface area contributed by atoms with E-state index in [4.69, 9.17) is 4.74 Å². The van der Waals surface area contributed by atoms with Crippen molar-refractivity contribution in [2.24, 2.45) is 0 Å². The summed E-state index contributed by atoms with van der Waals surface area (Å²) in [5.41, 5.74) is 5.11. The Labute approximate surface area is 109 Å². The van der Waals surface area contributed by atoms with Crippen molar-refractivity contribution in [2.75, 3.05) is 6.61 Å². The number of carbonyl (C=O) groups excluding carboxylic acids is 1. The number of aliphatic hydroxyl groups excluding tert-OH is 3. The van der Waals surface area contributed by atoms with E-state index in [1.165, 1.54) is 12.4 Å². The monoisotopic (exact) mass is 269 g/mol. The first-order valence-electron chi connectivity index (χ1n) is 5.71. The number of hydrogen-bond acceptors (Lipinski definition) is 7. The number of nitrogens with one attached hydrogen (secondary N) is 2. The Morgan fingerprint density at radius 3 is 2.84 bits per heavy atom. The molecule has 19 heavy (non-hydrogen) atoms. The highest BCUT2D eigenvalue weighted by molar-refractivity contribution is 5.93. The Hall–Kier alpha value is -1.58. The molecular weight excluding hydrogens is 254 g/mol. The van der Waals surface area contributed by atoms with Gasteiger partial charge in [-0.15, -0.1) is 0 Å². The van der Waals surface area contributed by atoms with Gasteiger partial charge in [-0.1, -0.05) is 0 Å². The first-order valence-corrected chi connectivity index (χ1v) is 5.71. The third-order valence-electron chi connectivity index (χ3n) is 2.75. The minimum Gasteiger partial charge on any atom is -0.388 e. The molecule has 4 atom stereocenters. The number of aliphatic hydroxyl groups is 3. The molecule has 104 valence electrons. The third-order valence-corrected chi connectivity index (χ3v) is 2.75. The zero-order valence-corrected chi connectivity index (χ0v) is 9.93. The van der Waals surface area contributed by atoms with Crippen LogP contribution in [-0.2, 0) is 4.74 Å². The van der Waals surface area contributed by atoms with Gasteiger partial charge in [-0.25, -0.2) is 5.43 Å². The summed E-state index contributed by atoms with van der Waals surface area (Å²) < 4.78 is 5.06. The fourth-order valence-electron chi connectivity index (χ4n) is 1.64. The third kappa shape index (κ3) is 3.25. The molecule has 1 aromatic rings. The second kappa shape index (κ2) is 6.04. The van der Waals surface area contributed by atoms with Gasteiger partial charge in [0.1, 0.15) is 18.3 Å². The molecule has 0 aromatic carbocycles. The van der Waals surface area contributed by atoms with Crippen molar-refractivity contribution in [1.29, 1.82) is 0 Å². The molecule has 0 saturated carbocycles. The van der Waals surface area contributed by atoms with Gasteiger partial charge >= 0.3 is 0 Å². The molecule has 0 spiro atoms. The fraction of sp³-hybridized carbons (Fsp3) is 0.455. The molecule has 8 heteroatoms. The summed E-state index contributed by atoms with van der Waals surface area (Å²) in [5, 5.41) is 28.3. The topological polar surface area (TPSA) is 124 Å². The van der Waals surface area contributed by atoms with E-state index in [0.29, 0.717) is 5.56 Å². The minimum atomic E-state index is -1.35. The summed E-state index contributed by atoms with van der Waals surface area (Å²) >= 11 is 0. The van der Waals surface area contributed by atoms with E-state index in [-0.39, 0.29) is 6.61 Å². The molecule has 2 rings (SSSR count). The lowest BCUT2D eigenvalue weighted by molar-refractivity contribution is -0.197. The van der Waals surface area contributed by atoms with Gasteiger partial charge in [0, 0.05) is 12.4 Å². The van der Waals surface area contributed by atoms with E-state index in [1.807, 2.05) is 0 Å².